The molecule has 0 saturated carbocycles. The van der Waals surface area contributed by atoms with Crippen LogP contribution < -0.4 is 15.8 Å². The SMILES string of the molecule is COc1ccc2c(N)c(C(=O)NCC(C)N(C)C)sc2c1. The first kappa shape index (κ1) is 15.6. The number of nitrogens with one attached hydrogen (secondary N) is 1. The van der Waals surface area contributed by atoms with Gasteiger partial charge in [0.1, 0.15) is 10.6 Å². The van der Waals surface area contributed by atoms with Crippen molar-refractivity contribution in [3.8, 4) is 5.75 Å². The monoisotopic (exact) mass is 307 g/mol. The molecule has 2 aromatic rings. The fourth-order valence-electron chi connectivity index (χ4n) is 1.90. The normalized spacial score (nSPS) is 12.6. The number of likely N-dealkylation sites (N-methyl/N-ethyl adjacent to an activating group) is 1. The minimum Gasteiger partial charge on any atom is -0.497 e. The number of carbonyl (C=O) groups is 1. The van der Waals surface area contributed by atoms with Gasteiger partial charge in [0, 0.05) is 22.7 Å². The Morgan fingerprint density at radius 2 is 2.19 bits per heavy atom. The Balaban J connectivity index is 2.21. The van der Waals surface area contributed by atoms with E-state index in [1.807, 2.05) is 32.3 Å². The average Bonchev–Trinajstić information content (AvgIpc) is 2.80. The number of methoxy groups -OCH3 is 1. The molecule has 0 bridgehead atoms. The Morgan fingerprint density at radius 1 is 1.48 bits per heavy atom. The summed E-state index contributed by atoms with van der Waals surface area (Å²) in [5, 5.41) is 3.82. The molecule has 6 heteroatoms. The highest BCUT2D eigenvalue weighted by Crippen LogP contribution is 2.35. The van der Waals surface area contributed by atoms with Crippen molar-refractivity contribution >= 4 is 33.0 Å². The van der Waals surface area contributed by atoms with Gasteiger partial charge in [0.15, 0.2) is 0 Å². The number of carbonyl (C=O) groups excluding carboxylic acids is 1. The summed E-state index contributed by atoms with van der Waals surface area (Å²) in [7, 11) is 5.59. The maximum Gasteiger partial charge on any atom is 0.263 e. The van der Waals surface area contributed by atoms with Crippen molar-refractivity contribution in [1.82, 2.24) is 10.2 Å². The zero-order valence-electron chi connectivity index (χ0n) is 12.8. The fraction of sp³-hybridized carbons (Fsp3) is 0.400. The van der Waals surface area contributed by atoms with E-state index >= 15 is 0 Å². The second-order valence-electron chi connectivity index (χ2n) is 5.23. The molecule has 0 spiro atoms. The number of amides is 1. The molecular weight excluding hydrogens is 286 g/mol. The van der Waals surface area contributed by atoms with Gasteiger partial charge in [-0.3, -0.25) is 4.79 Å². The Labute approximate surface area is 128 Å². The first-order valence-electron chi connectivity index (χ1n) is 6.74. The minimum atomic E-state index is -0.124. The molecule has 1 aromatic heterocycles. The second kappa shape index (κ2) is 6.32. The maximum absolute atomic E-state index is 12.3. The van der Waals surface area contributed by atoms with Crippen molar-refractivity contribution < 1.29 is 9.53 Å². The van der Waals surface area contributed by atoms with Gasteiger partial charge in [0.05, 0.1) is 12.8 Å². The summed E-state index contributed by atoms with van der Waals surface area (Å²) in [5.41, 5.74) is 6.63. The molecule has 0 saturated heterocycles. The van der Waals surface area contributed by atoms with Crippen molar-refractivity contribution in [2.75, 3.05) is 33.5 Å². The van der Waals surface area contributed by atoms with Gasteiger partial charge in [-0.2, -0.15) is 0 Å². The molecule has 21 heavy (non-hydrogen) atoms. The van der Waals surface area contributed by atoms with Crippen LogP contribution in [0.2, 0.25) is 0 Å². The van der Waals surface area contributed by atoms with E-state index in [-0.39, 0.29) is 11.9 Å². The Hall–Kier alpha value is -1.79. The molecule has 1 atom stereocenters. The van der Waals surface area contributed by atoms with Gasteiger partial charge in [0.25, 0.3) is 5.91 Å². The molecule has 0 aliphatic heterocycles. The van der Waals surface area contributed by atoms with Gasteiger partial charge in [-0.05, 0) is 39.2 Å². The van der Waals surface area contributed by atoms with Crippen molar-refractivity contribution in [3.63, 3.8) is 0 Å². The van der Waals surface area contributed by atoms with E-state index in [0.717, 1.165) is 15.8 Å². The van der Waals surface area contributed by atoms with Crippen LogP contribution in [0.25, 0.3) is 10.1 Å². The van der Waals surface area contributed by atoms with Gasteiger partial charge in [-0.1, -0.05) is 0 Å². The number of nitrogen functional groups attached to an aromatic ring is 1. The third kappa shape index (κ3) is 3.28. The van der Waals surface area contributed by atoms with E-state index in [9.17, 15) is 4.79 Å². The highest BCUT2D eigenvalue weighted by molar-refractivity contribution is 7.21. The van der Waals surface area contributed by atoms with Gasteiger partial charge < -0.3 is 20.7 Å². The van der Waals surface area contributed by atoms with E-state index in [1.165, 1.54) is 11.3 Å². The fourth-order valence-corrected chi connectivity index (χ4v) is 2.96. The molecule has 0 radical (unpaired) electrons. The summed E-state index contributed by atoms with van der Waals surface area (Å²) in [6.07, 6.45) is 0. The Kier molecular flexibility index (Phi) is 4.69. The lowest BCUT2D eigenvalue weighted by Gasteiger charge is -2.19. The zero-order valence-corrected chi connectivity index (χ0v) is 13.6. The smallest absolute Gasteiger partial charge is 0.263 e. The maximum atomic E-state index is 12.3. The van der Waals surface area contributed by atoms with Gasteiger partial charge >= 0.3 is 0 Å². The summed E-state index contributed by atoms with van der Waals surface area (Å²) in [6.45, 7) is 2.64. The van der Waals surface area contributed by atoms with Crippen LogP contribution in [0.1, 0.15) is 16.6 Å². The topological polar surface area (TPSA) is 67.6 Å². The first-order chi connectivity index (χ1) is 9.93. The molecule has 0 fully saturated rings. The molecule has 1 aromatic carbocycles. The van der Waals surface area contributed by atoms with Crippen molar-refractivity contribution in [2.24, 2.45) is 0 Å². The van der Waals surface area contributed by atoms with Crippen molar-refractivity contribution in [1.29, 1.82) is 0 Å². The number of hydrogen-bond donors (Lipinski definition) is 2. The van der Waals surface area contributed by atoms with Gasteiger partial charge in [-0.15, -0.1) is 11.3 Å². The second-order valence-corrected chi connectivity index (χ2v) is 6.28. The van der Waals surface area contributed by atoms with E-state index in [4.69, 9.17) is 10.5 Å². The molecule has 0 aliphatic carbocycles. The van der Waals surface area contributed by atoms with Crippen molar-refractivity contribution in [2.45, 2.75) is 13.0 Å². The molecule has 5 nitrogen and oxygen atoms in total. The highest BCUT2D eigenvalue weighted by Gasteiger charge is 2.17. The number of ether oxygens (including phenoxy) is 1. The van der Waals surface area contributed by atoms with E-state index in [2.05, 4.69) is 17.1 Å². The highest BCUT2D eigenvalue weighted by atomic mass is 32.1. The third-order valence-electron chi connectivity index (χ3n) is 3.58. The molecule has 114 valence electrons. The van der Waals surface area contributed by atoms with Crippen LogP contribution in [0.15, 0.2) is 18.2 Å². The lowest BCUT2D eigenvalue weighted by molar-refractivity contribution is 0.0948. The lowest BCUT2D eigenvalue weighted by atomic mass is 10.2. The number of nitrogens with zero attached hydrogens (tertiary/aromatic N) is 1. The third-order valence-corrected chi connectivity index (χ3v) is 4.75. The number of anilines is 1. The van der Waals surface area contributed by atoms with Gasteiger partial charge in [-0.25, -0.2) is 0 Å². The number of fused-ring (bicyclic) bond motifs is 1. The molecule has 0 aliphatic rings. The Bertz CT molecular complexity index is 652. The average molecular weight is 307 g/mol. The predicted molar refractivity (Wildman–Crippen MR) is 88.3 cm³/mol. The molecule has 1 unspecified atom stereocenters. The minimum absolute atomic E-state index is 0.124. The van der Waals surface area contributed by atoms with Gasteiger partial charge in [0.2, 0.25) is 0 Å². The molecule has 3 N–H and O–H groups in total. The molecular formula is C15H21N3O2S. The molecule has 1 heterocycles. The zero-order chi connectivity index (χ0) is 15.6. The van der Waals surface area contributed by atoms with Crippen LogP contribution in [0.4, 0.5) is 5.69 Å². The summed E-state index contributed by atoms with van der Waals surface area (Å²) < 4.78 is 6.15. The van der Waals surface area contributed by atoms with Crippen LogP contribution in [0.3, 0.4) is 0 Å². The predicted octanol–water partition coefficient (Wildman–Crippen LogP) is 2.17. The number of rotatable bonds is 5. The summed E-state index contributed by atoms with van der Waals surface area (Å²) in [4.78, 5) is 14.9. The quantitative estimate of drug-likeness (QED) is 0.888. The summed E-state index contributed by atoms with van der Waals surface area (Å²) >= 11 is 1.39. The van der Waals surface area contributed by atoms with Crippen LogP contribution in [-0.4, -0.2) is 44.6 Å². The van der Waals surface area contributed by atoms with Crippen LogP contribution in [-0.2, 0) is 0 Å². The standard InChI is InChI=1S/C15H21N3O2S/c1-9(18(2)3)8-17-15(19)14-13(16)11-6-5-10(20-4)7-12(11)21-14/h5-7,9H,8,16H2,1-4H3,(H,17,19). The number of nitrogens with two attached hydrogens (primary N) is 1. The van der Waals surface area contributed by atoms with Crippen molar-refractivity contribution in [3.05, 3.63) is 23.1 Å². The Morgan fingerprint density at radius 3 is 2.81 bits per heavy atom. The van der Waals surface area contributed by atoms with Crippen LogP contribution >= 0.6 is 11.3 Å². The molecule has 1 amide bonds. The largest absolute Gasteiger partial charge is 0.497 e. The van der Waals surface area contributed by atoms with E-state index < -0.39 is 0 Å². The summed E-state index contributed by atoms with van der Waals surface area (Å²) in [5.74, 6) is 0.637. The molecule has 2 rings (SSSR count). The number of benzene rings is 1. The van der Waals surface area contributed by atoms with Crippen LogP contribution in [0.5, 0.6) is 5.75 Å². The lowest BCUT2D eigenvalue weighted by Crippen LogP contribution is -2.38. The first-order valence-corrected chi connectivity index (χ1v) is 7.56. The summed E-state index contributed by atoms with van der Waals surface area (Å²) in [6, 6.07) is 5.90. The number of hydrogen-bond acceptors (Lipinski definition) is 5. The van der Waals surface area contributed by atoms with E-state index in [0.29, 0.717) is 17.1 Å². The van der Waals surface area contributed by atoms with Crippen LogP contribution in [0, 0.1) is 0 Å². The number of thiophene rings is 1. The van der Waals surface area contributed by atoms with E-state index in [1.54, 1.807) is 7.11 Å².